The van der Waals surface area contributed by atoms with Crippen LogP contribution in [0.2, 0.25) is 0 Å². The highest BCUT2D eigenvalue weighted by Crippen LogP contribution is 2.09. The van der Waals surface area contributed by atoms with Crippen molar-refractivity contribution < 1.29 is 29.9 Å². The molecule has 0 aromatic rings. The molecule has 0 amide bonds. The number of carboxylic acid groups (broad SMARTS) is 1. The summed E-state index contributed by atoms with van der Waals surface area (Å²) in [6, 6.07) is 0. The number of carboxylic acids is 1. The number of carbonyl (C=O) groups excluding carboxylic acids is 1. The van der Waals surface area contributed by atoms with Crippen molar-refractivity contribution in [1.29, 1.82) is 0 Å². The maximum absolute atomic E-state index is 10.2. The highest BCUT2D eigenvalue weighted by atomic mass is 17.1. The maximum Gasteiger partial charge on any atom is 0.345 e. The molecule has 6 nitrogen and oxygen atoms in total. The highest BCUT2D eigenvalue weighted by molar-refractivity contribution is 5.83. The summed E-state index contributed by atoms with van der Waals surface area (Å²) >= 11 is 0. The second-order valence-electron chi connectivity index (χ2n) is 2.22. The standard InChI is InChI=1S/C5H8O6/c1-5(9,4(7)8)2-3(6)11-10/h9-10H,2H2,1H3,(H,7,8). The molecule has 0 aliphatic rings. The minimum Gasteiger partial charge on any atom is -0.479 e. The number of hydrogen-bond acceptors (Lipinski definition) is 5. The van der Waals surface area contributed by atoms with Gasteiger partial charge in [-0.25, -0.2) is 9.59 Å². The average molecular weight is 164 g/mol. The number of carbonyl (C=O) groups is 2. The fourth-order valence-electron chi connectivity index (χ4n) is 0.389. The molecule has 6 heteroatoms. The van der Waals surface area contributed by atoms with E-state index < -0.39 is 24.0 Å². The van der Waals surface area contributed by atoms with E-state index in [2.05, 4.69) is 4.89 Å². The first kappa shape index (κ1) is 9.86. The predicted molar refractivity (Wildman–Crippen MR) is 31.6 cm³/mol. The van der Waals surface area contributed by atoms with Gasteiger partial charge in [0, 0.05) is 0 Å². The normalized spacial score (nSPS) is 15.2. The SMILES string of the molecule is CC(O)(CC(=O)OO)C(=O)O. The maximum atomic E-state index is 10.2. The van der Waals surface area contributed by atoms with Crippen LogP contribution in [0.25, 0.3) is 0 Å². The van der Waals surface area contributed by atoms with Gasteiger partial charge < -0.3 is 15.1 Å². The van der Waals surface area contributed by atoms with Crippen molar-refractivity contribution in [2.75, 3.05) is 0 Å². The molecule has 1 atom stereocenters. The topological polar surface area (TPSA) is 104 Å². The molecule has 3 N–H and O–H groups in total. The lowest BCUT2D eigenvalue weighted by atomic mass is 10.0. The Bertz CT molecular complexity index is 172. The first-order valence-electron chi connectivity index (χ1n) is 2.70. The summed E-state index contributed by atoms with van der Waals surface area (Å²) in [5, 5.41) is 24.9. The molecule has 0 radical (unpaired) electrons. The van der Waals surface area contributed by atoms with Crippen molar-refractivity contribution >= 4 is 11.9 Å². The fourth-order valence-corrected chi connectivity index (χ4v) is 0.389. The summed E-state index contributed by atoms with van der Waals surface area (Å²) in [4.78, 5) is 23.5. The van der Waals surface area contributed by atoms with E-state index in [9.17, 15) is 9.59 Å². The highest BCUT2D eigenvalue weighted by Gasteiger charge is 2.33. The molecule has 0 heterocycles. The van der Waals surface area contributed by atoms with E-state index in [4.69, 9.17) is 15.5 Å². The number of hydrogen-bond donors (Lipinski definition) is 3. The van der Waals surface area contributed by atoms with E-state index in [1.54, 1.807) is 0 Å². The second-order valence-corrected chi connectivity index (χ2v) is 2.22. The number of aliphatic hydroxyl groups is 1. The van der Waals surface area contributed by atoms with Crippen LogP contribution < -0.4 is 0 Å². The molecule has 64 valence electrons. The zero-order valence-corrected chi connectivity index (χ0v) is 5.77. The van der Waals surface area contributed by atoms with Crippen LogP contribution in [0.5, 0.6) is 0 Å². The summed E-state index contributed by atoms with van der Waals surface area (Å²) in [5.41, 5.74) is -2.19. The van der Waals surface area contributed by atoms with Crippen molar-refractivity contribution in [2.24, 2.45) is 0 Å². The van der Waals surface area contributed by atoms with Gasteiger partial charge in [-0.05, 0) is 6.92 Å². The Hall–Kier alpha value is -1.14. The zero-order chi connectivity index (χ0) is 9.07. The van der Waals surface area contributed by atoms with Crippen LogP contribution in [0, 0.1) is 0 Å². The van der Waals surface area contributed by atoms with Crippen LogP contribution in [0.3, 0.4) is 0 Å². The first-order chi connectivity index (χ1) is 4.90. The first-order valence-corrected chi connectivity index (χ1v) is 2.70. The lowest BCUT2D eigenvalue weighted by Crippen LogP contribution is -2.37. The van der Waals surface area contributed by atoms with Gasteiger partial charge in [0.05, 0.1) is 6.42 Å². The molecule has 0 aromatic heterocycles. The van der Waals surface area contributed by atoms with E-state index in [0.717, 1.165) is 6.92 Å². The van der Waals surface area contributed by atoms with Crippen LogP contribution in [0.4, 0.5) is 0 Å². The minimum atomic E-state index is -2.19. The van der Waals surface area contributed by atoms with Crippen molar-refractivity contribution in [3.8, 4) is 0 Å². The van der Waals surface area contributed by atoms with Crippen molar-refractivity contribution in [2.45, 2.75) is 18.9 Å². The van der Waals surface area contributed by atoms with Gasteiger partial charge in [-0.2, -0.15) is 5.26 Å². The molecule has 0 spiro atoms. The van der Waals surface area contributed by atoms with Gasteiger partial charge in [0.1, 0.15) is 0 Å². The summed E-state index contributed by atoms with van der Waals surface area (Å²) in [5.74, 6) is -2.75. The van der Waals surface area contributed by atoms with Crippen LogP contribution in [0.15, 0.2) is 0 Å². The molecule has 0 bridgehead atoms. The second kappa shape index (κ2) is 3.31. The van der Waals surface area contributed by atoms with Gasteiger partial charge in [0.25, 0.3) is 0 Å². The van der Waals surface area contributed by atoms with Crippen LogP contribution in [0.1, 0.15) is 13.3 Å². The summed E-state index contributed by atoms with van der Waals surface area (Å²) < 4.78 is 0. The summed E-state index contributed by atoms with van der Waals surface area (Å²) in [6.45, 7) is 0.923. The molecule has 0 saturated carbocycles. The molecule has 0 aromatic carbocycles. The van der Waals surface area contributed by atoms with E-state index in [1.807, 2.05) is 0 Å². The molecule has 0 fully saturated rings. The third-order valence-corrected chi connectivity index (χ3v) is 1.05. The fraction of sp³-hybridized carbons (Fsp3) is 0.600. The predicted octanol–water partition coefficient (Wildman–Crippen LogP) is -0.772. The molecule has 0 aliphatic carbocycles. The van der Waals surface area contributed by atoms with E-state index in [1.165, 1.54) is 0 Å². The van der Waals surface area contributed by atoms with E-state index >= 15 is 0 Å². The van der Waals surface area contributed by atoms with Gasteiger partial charge in [0.2, 0.25) is 0 Å². The van der Waals surface area contributed by atoms with E-state index in [0.29, 0.717) is 0 Å². The lowest BCUT2D eigenvalue weighted by Gasteiger charge is -2.14. The van der Waals surface area contributed by atoms with Crippen molar-refractivity contribution in [3.05, 3.63) is 0 Å². The number of aliphatic carboxylic acids is 1. The Morgan fingerprint density at radius 1 is 1.55 bits per heavy atom. The quantitative estimate of drug-likeness (QED) is 0.373. The zero-order valence-electron chi connectivity index (χ0n) is 5.77. The Morgan fingerprint density at radius 2 is 2.00 bits per heavy atom. The third-order valence-electron chi connectivity index (χ3n) is 1.05. The van der Waals surface area contributed by atoms with Gasteiger partial charge in [0.15, 0.2) is 5.60 Å². The smallest absolute Gasteiger partial charge is 0.345 e. The molecule has 0 rings (SSSR count). The molecule has 0 aliphatic heterocycles. The van der Waals surface area contributed by atoms with Gasteiger partial charge in [-0.15, -0.1) is 0 Å². The average Bonchev–Trinajstić information content (AvgIpc) is 1.86. The van der Waals surface area contributed by atoms with Crippen LogP contribution in [-0.4, -0.2) is 33.0 Å². The molecule has 1 unspecified atom stereocenters. The minimum absolute atomic E-state index is 0.793. The summed E-state index contributed by atoms with van der Waals surface area (Å²) in [6.07, 6.45) is -0.793. The van der Waals surface area contributed by atoms with Gasteiger partial charge in [-0.1, -0.05) is 0 Å². The van der Waals surface area contributed by atoms with Crippen LogP contribution >= 0.6 is 0 Å². The Labute approximate surface area is 61.9 Å². The Balaban J connectivity index is 4.12. The van der Waals surface area contributed by atoms with E-state index in [-0.39, 0.29) is 0 Å². The van der Waals surface area contributed by atoms with Crippen molar-refractivity contribution in [1.82, 2.24) is 0 Å². The Kier molecular flexibility index (Phi) is 2.97. The van der Waals surface area contributed by atoms with Crippen LogP contribution in [-0.2, 0) is 14.5 Å². The lowest BCUT2D eigenvalue weighted by molar-refractivity contribution is -0.238. The Morgan fingerprint density at radius 3 is 2.27 bits per heavy atom. The molecular formula is C5H8O6. The molecular weight excluding hydrogens is 156 g/mol. The largest absolute Gasteiger partial charge is 0.479 e. The summed E-state index contributed by atoms with van der Waals surface area (Å²) in [7, 11) is 0. The van der Waals surface area contributed by atoms with Gasteiger partial charge >= 0.3 is 11.9 Å². The monoisotopic (exact) mass is 164 g/mol. The molecule has 11 heavy (non-hydrogen) atoms. The molecule has 0 saturated heterocycles. The third kappa shape index (κ3) is 2.96. The number of rotatable bonds is 3. The van der Waals surface area contributed by atoms with Crippen molar-refractivity contribution in [3.63, 3.8) is 0 Å². The van der Waals surface area contributed by atoms with Gasteiger partial charge in [-0.3, -0.25) is 0 Å².